The molecule has 0 aliphatic heterocycles. The minimum atomic E-state index is -0.102. The second-order valence-corrected chi connectivity index (χ2v) is 2.71. The van der Waals surface area contributed by atoms with Crippen LogP contribution in [0, 0.1) is 0 Å². The Morgan fingerprint density at radius 3 is 1.73 bits per heavy atom. The van der Waals surface area contributed by atoms with Crippen molar-refractivity contribution in [3.63, 3.8) is 0 Å². The van der Waals surface area contributed by atoms with Gasteiger partial charge in [-0.25, -0.2) is 0 Å². The Morgan fingerprint density at radius 1 is 1.18 bits per heavy atom. The second-order valence-electron chi connectivity index (χ2n) is 2.71. The molecule has 1 unspecified atom stereocenters. The lowest BCUT2D eigenvalue weighted by atomic mass is 10.2. The van der Waals surface area contributed by atoms with Gasteiger partial charge in [-0.1, -0.05) is 26.7 Å². The average Bonchev–Trinajstić information content (AvgIpc) is 1.90. The largest absolute Gasteiger partial charge is 0.396 e. The van der Waals surface area contributed by atoms with E-state index in [0.717, 1.165) is 25.7 Å². The molecule has 0 bridgehead atoms. The predicted molar refractivity (Wildman–Crippen MR) is 48.6 cm³/mol. The number of hydrogen-bond acceptors (Lipinski definition) is 2. The minimum absolute atomic E-state index is 0.102. The fraction of sp³-hybridized carbons (Fsp3) is 1.00. The molecular weight excluding hydrogens is 140 g/mol. The van der Waals surface area contributed by atoms with Crippen LogP contribution in [0.1, 0.15) is 46.5 Å². The summed E-state index contributed by atoms with van der Waals surface area (Å²) in [6.07, 6.45) is 3.95. The molecule has 2 heteroatoms. The first-order valence-electron chi connectivity index (χ1n) is 4.47. The molecule has 0 aromatic heterocycles. The van der Waals surface area contributed by atoms with Gasteiger partial charge in [0.15, 0.2) is 0 Å². The molecule has 0 saturated heterocycles. The van der Waals surface area contributed by atoms with Crippen LogP contribution in [-0.2, 0) is 0 Å². The van der Waals surface area contributed by atoms with Crippen molar-refractivity contribution < 1.29 is 10.2 Å². The third-order valence-corrected chi connectivity index (χ3v) is 1.22. The molecule has 70 valence electrons. The molecule has 0 radical (unpaired) electrons. The lowest BCUT2D eigenvalue weighted by molar-refractivity contribution is 0.183. The highest BCUT2D eigenvalue weighted by molar-refractivity contribution is 4.40. The van der Waals surface area contributed by atoms with Crippen molar-refractivity contribution in [2.24, 2.45) is 0 Å². The normalized spacial score (nSPS) is 11.7. The molecule has 0 aromatic rings. The van der Waals surface area contributed by atoms with Gasteiger partial charge in [0.25, 0.3) is 0 Å². The number of rotatable bonds is 4. The number of aliphatic hydroxyl groups is 2. The van der Waals surface area contributed by atoms with Gasteiger partial charge in [-0.3, -0.25) is 0 Å². The van der Waals surface area contributed by atoms with Gasteiger partial charge in [0.1, 0.15) is 0 Å². The molecule has 2 nitrogen and oxygen atoms in total. The summed E-state index contributed by atoms with van der Waals surface area (Å²) < 4.78 is 0. The number of unbranched alkanes of at least 4 members (excludes halogenated alkanes) is 1. The van der Waals surface area contributed by atoms with E-state index in [1.54, 1.807) is 0 Å². The summed E-state index contributed by atoms with van der Waals surface area (Å²) in [5, 5.41) is 16.6. The first-order valence-corrected chi connectivity index (χ1v) is 4.47. The summed E-state index contributed by atoms with van der Waals surface area (Å²) in [7, 11) is 0. The van der Waals surface area contributed by atoms with Crippen molar-refractivity contribution >= 4 is 0 Å². The van der Waals surface area contributed by atoms with Gasteiger partial charge in [-0.15, -0.1) is 0 Å². The third kappa shape index (κ3) is 25.7. The van der Waals surface area contributed by atoms with E-state index in [1.807, 2.05) is 6.92 Å². The van der Waals surface area contributed by atoms with E-state index in [4.69, 9.17) is 10.2 Å². The standard InChI is InChI=1S/C5H12O.C4H10O/c1-3-4-5(2)6;1-2-3-4-5/h5-6H,3-4H2,1-2H3;5H,2-4H2,1H3. The molecule has 0 aliphatic rings. The van der Waals surface area contributed by atoms with Crippen LogP contribution in [0.4, 0.5) is 0 Å². The Kier molecular flexibility index (Phi) is 15.4. The van der Waals surface area contributed by atoms with Gasteiger partial charge in [-0.05, 0) is 19.8 Å². The van der Waals surface area contributed by atoms with E-state index < -0.39 is 0 Å². The zero-order valence-electron chi connectivity index (χ0n) is 8.01. The second kappa shape index (κ2) is 12.6. The van der Waals surface area contributed by atoms with Crippen LogP contribution < -0.4 is 0 Å². The first kappa shape index (κ1) is 13.5. The van der Waals surface area contributed by atoms with Crippen molar-refractivity contribution in [1.29, 1.82) is 0 Å². The van der Waals surface area contributed by atoms with Gasteiger partial charge in [0.05, 0.1) is 6.10 Å². The molecule has 1 atom stereocenters. The van der Waals surface area contributed by atoms with Crippen LogP contribution in [0.15, 0.2) is 0 Å². The van der Waals surface area contributed by atoms with Gasteiger partial charge >= 0.3 is 0 Å². The molecule has 0 amide bonds. The van der Waals surface area contributed by atoms with Crippen LogP contribution in [0.25, 0.3) is 0 Å². The Labute approximate surface area is 70.3 Å². The predicted octanol–water partition coefficient (Wildman–Crippen LogP) is 1.95. The van der Waals surface area contributed by atoms with E-state index in [2.05, 4.69) is 13.8 Å². The molecule has 2 N–H and O–H groups in total. The Hall–Kier alpha value is -0.0800. The summed E-state index contributed by atoms with van der Waals surface area (Å²) in [5.74, 6) is 0. The summed E-state index contributed by atoms with van der Waals surface area (Å²) in [6, 6.07) is 0. The van der Waals surface area contributed by atoms with Crippen LogP contribution in [-0.4, -0.2) is 22.9 Å². The lowest BCUT2D eigenvalue weighted by Gasteiger charge is -1.95. The molecular formula is C9H22O2. The topological polar surface area (TPSA) is 40.5 Å². The smallest absolute Gasteiger partial charge is 0.0512 e. The van der Waals surface area contributed by atoms with Crippen LogP contribution in [0.5, 0.6) is 0 Å². The highest BCUT2D eigenvalue weighted by Gasteiger charge is 1.87. The fourth-order valence-corrected chi connectivity index (χ4v) is 0.576. The van der Waals surface area contributed by atoms with E-state index in [1.165, 1.54) is 0 Å². The SMILES string of the molecule is CCCC(C)O.CCCCO. The highest BCUT2D eigenvalue weighted by atomic mass is 16.3. The summed E-state index contributed by atoms with van der Waals surface area (Å²) in [4.78, 5) is 0. The van der Waals surface area contributed by atoms with E-state index in [9.17, 15) is 0 Å². The maximum atomic E-state index is 8.55. The maximum Gasteiger partial charge on any atom is 0.0512 e. The van der Waals surface area contributed by atoms with Gasteiger partial charge in [0.2, 0.25) is 0 Å². The highest BCUT2D eigenvalue weighted by Crippen LogP contribution is 1.91. The van der Waals surface area contributed by atoms with E-state index >= 15 is 0 Å². The van der Waals surface area contributed by atoms with Crippen molar-refractivity contribution in [1.82, 2.24) is 0 Å². The fourth-order valence-electron chi connectivity index (χ4n) is 0.576. The minimum Gasteiger partial charge on any atom is -0.396 e. The zero-order valence-corrected chi connectivity index (χ0v) is 8.01. The monoisotopic (exact) mass is 162 g/mol. The van der Waals surface area contributed by atoms with Gasteiger partial charge in [0, 0.05) is 6.61 Å². The first-order chi connectivity index (χ1) is 5.18. The van der Waals surface area contributed by atoms with Crippen LogP contribution >= 0.6 is 0 Å². The Bertz CT molecular complexity index is 51.5. The van der Waals surface area contributed by atoms with Crippen molar-refractivity contribution in [3.8, 4) is 0 Å². The summed E-state index contributed by atoms with van der Waals surface area (Å²) >= 11 is 0. The van der Waals surface area contributed by atoms with Crippen molar-refractivity contribution in [2.45, 2.75) is 52.6 Å². The molecule has 0 fully saturated rings. The van der Waals surface area contributed by atoms with Crippen LogP contribution in [0.2, 0.25) is 0 Å². The Balaban J connectivity index is 0. The molecule has 0 heterocycles. The molecule has 0 saturated carbocycles. The average molecular weight is 162 g/mol. The maximum absolute atomic E-state index is 8.55. The summed E-state index contributed by atoms with van der Waals surface area (Å²) in [5.41, 5.74) is 0. The van der Waals surface area contributed by atoms with Crippen LogP contribution in [0.3, 0.4) is 0 Å². The summed E-state index contributed by atoms with van der Waals surface area (Å²) in [6.45, 7) is 6.27. The molecule has 0 spiro atoms. The van der Waals surface area contributed by atoms with Gasteiger partial charge in [-0.2, -0.15) is 0 Å². The quantitative estimate of drug-likeness (QED) is 0.663. The third-order valence-electron chi connectivity index (χ3n) is 1.22. The van der Waals surface area contributed by atoms with Crippen molar-refractivity contribution in [3.05, 3.63) is 0 Å². The molecule has 0 rings (SSSR count). The zero-order chi connectivity index (χ0) is 9.11. The van der Waals surface area contributed by atoms with Crippen molar-refractivity contribution in [2.75, 3.05) is 6.61 Å². The van der Waals surface area contributed by atoms with Gasteiger partial charge < -0.3 is 10.2 Å². The molecule has 0 aliphatic carbocycles. The van der Waals surface area contributed by atoms with E-state index in [-0.39, 0.29) is 6.10 Å². The molecule has 11 heavy (non-hydrogen) atoms. The Morgan fingerprint density at radius 2 is 1.73 bits per heavy atom. The lowest BCUT2D eigenvalue weighted by Crippen LogP contribution is -1.95. The number of hydrogen-bond donors (Lipinski definition) is 2. The number of aliphatic hydroxyl groups excluding tert-OH is 2. The molecule has 0 aromatic carbocycles. The van der Waals surface area contributed by atoms with E-state index in [0.29, 0.717) is 6.61 Å².